The molecule has 0 amide bonds. The predicted molar refractivity (Wildman–Crippen MR) is 65.8 cm³/mol. The van der Waals surface area contributed by atoms with Crippen LogP contribution in [0.1, 0.15) is 39.5 Å². The number of thioether (sulfide) groups is 1. The maximum Gasteiger partial charge on any atom is 0.0225 e. The molecule has 2 unspecified atom stereocenters. The first-order valence-corrected chi connectivity index (χ1v) is 6.80. The third kappa shape index (κ3) is 4.20. The molecule has 0 saturated heterocycles. The topological polar surface area (TPSA) is 38.0 Å². The lowest BCUT2D eigenvalue weighted by atomic mass is 9.91. The molecule has 0 aromatic heterocycles. The van der Waals surface area contributed by atoms with Crippen LogP contribution in [-0.4, -0.2) is 29.6 Å². The lowest BCUT2D eigenvalue weighted by molar-refractivity contribution is 0.333. The molecule has 84 valence electrons. The zero-order chi connectivity index (χ0) is 10.6. The number of hydrogen-bond donors (Lipinski definition) is 2. The second-order valence-electron chi connectivity index (χ2n) is 4.97. The van der Waals surface area contributed by atoms with Gasteiger partial charge in [-0.3, -0.25) is 0 Å². The molecule has 2 atom stereocenters. The molecule has 1 fully saturated rings. The van der Waals surface area contributed by atoms with E-state index in [-0.39, 0.29) is 0 Å². The van der Waals surface area contributed by atoms with Gasteiger partial charge in [0.1, 0.15) is 0 Å². The molecule has 0 aromatic rings. The normalized spacial score (nSPS) is 29.1. The highest BCUT2D eigenvalue weighted by atomic mass is 32.2. The first kappa shape index (κ1) is 12.3. The number of nitrogens with one attached hydrogen (secondary N) is 1. The summed E-state index contributed by atoms with van der Waals surface area (Å²) in [4.78, 5) is 0. The maximum atomic E-state index is 5.95. The molecule has 14 heavy (non-hydrogen) atoms. The van der Waals surface area contributed by atoms with Gasteiger partial charge in [-0.2, -0.15) is 11.8 Å². The van der Waals surface area contributed by atoms with Crippen molar-refractivity contribution in [1.29, 1.82) is 0 Å². The Kier molecular flexibility index (Phi) is 4.74. The molecule has 1 rings (SSSR count). The van der Waals surface area contributed by atoms with Crippen LogP contribution >= 0.6 is 11.8 Å². The van der Waals surface area contributed by atoms with Crippen LogP contribution in [0.2, 0.25) is 0 Å². The Balaban J connectivity index is 2.23. The number of nitrogens with two attached hydrogens (primary N) is 1. The fourth-order valence-corrected chi connectivity index (χ4v) is 2.10. The molecule has 2 nitrogen and oxygen atoms in total. The van der Waals surface area contributed by atoms with E-state index in [1.54, 1.807) is 0 Å². The third-order valence-electron chi connectivity index (χ3n) is 3.08. The van der Waals surface area contributed by atoms with Gasteiger partial charge in [-0.25, -0.2) is 0 Å². The molecular weight excluding hydrogens is 192 g/mol. The van der Waals surface area contributed by atoms with Crippen LogP contribution in [0, 0.1) is 0 Å². The Morgan fingerprint density at radius 2 is 2.14 bits per heavy atom. The highest BCUT2D eigenvalue weighted by molar-refractivity contribution is 7.99. The fourth-order valence-electron chi connectivity index (χ4n) is 1.88. The summed E-state index contributed by atoms with van der Waals surface area (Å²) in [6, 6.07) is 1.09. The van der Waals surface area contributed by atoms with Gasteiger partial charge in [0, 0.05) is 23.4 Å². The molecule has 0 aromatic carbocycles. The molecule has 3 heteroatoms. The van der Waals surface area contributed by atoms with Gasteiger partial charge in [0.05, 0.1) is 0 Å². The van der Waals surface area contributed by atoms with Gasteiger partial charge in [0.15, 0.2) is 0 Å². The first-order chi connectivity index (χ1) is 6.53. The van der Waals surface area contributed by atoms with Gasteiger partial charge in [0.2, 0.25) is 0 Å². The highest BCUT2D eigenvalue weighted by Gasteiger charge is 2.22. The van der Waals surface area contributed by atoms with Crippen LogP contribution in [-0.2, 0) is 0 Å². The summed E-state index contributed by atoms with van der Waals surface area (Å²) < 4.78 is 0.349. The summed E-state index contributed by atoms with van der Waals surface area (Å²) in [6.07, 6.45) is 7.14. The standard InChI is InChI=1S/C11H24N2S/c1-11(2,14-3)8-13-10-6-4-5-9(12)7-10/h9-10,13H,4-8,12H2,1-3H3. The van der Waals surface area contributed by atoms with Gasteiger partial charge in [-0.1, -0.05) is 6.42 Å². The van der Waals surface area contributed by atoms with Gasteiger partial charge in [-0.15, -0.1) is 0 Å². The van der Waals surface area contributed by atoms with Crippen molar-refractivity contribution in [3.63, 3.8) is 0 Å². The van der Waals surface area contributed by atoms with E-state index in [9.17, 15) is 0 Å². The summed E-state index contributed by atoms with van der Waals surface area (Å²) in [5, 5.41) is 3.64. The minimum Gasteiger partial charge on any atom is -0.328 e. The number of rotatable bonds is 4. The molecule has 0 radical (unpaired) electrons. The first-order valence-electron chi connectivity index (χ1n) is 5.57. The molecule has 0 spiro atoms. The predicted octanol–water partition coefficient (Wildman–Crippen LogP) is 1.99. The molecule has 0 aliphatic heterocycles. The Morgan fingerprint density at radius 3 is 2.71 bits per heavy atom. The van der Waals surface area contributed by atoms with Crippen molar-refractivity contribution in [2.75, 3.05) is 12.8 Å². The molecular formula is C11H24N2S. The zero-order valence-corrected chi connectivity index (χ0v) is 10.5. The fraction of sp³-hybridized carbons (Fsp3) is 1.00. The molecule has 1 saturated carbocycles. The monoisotopic (exact) mass is 216 g/mol. The molecule has 1 aliphatic rings. The number of hydrogen-bond acceptors (Lipinski definition) is 3. The Bertz CT molecular complexity index is 171. The lowest BCUT2D eigenvalue weighted by Gasteiger charge is -2.31. The molecule has 0 heterocycles. The summed E-state index contributed by atoms with van der Waals surface area (Å²) in [7, 11) is 0. The summed E-state index contributed by atoms with van der Waals surface area (Å²) in [5.74, 6) is 0. The Morgan fingerprint density at radius 1 is 1.43 bits per heavy atom. The lowest BCUT2D eigenvalue weighted by Crippen LogP contribution is -2.44. The maximum absolute atomic E-state index is 5.95. The Labute approximate surface area is 92.4 Å². The molecule has 1 aliphatic carbocycles. The molecule has 3 N–H and O–H groups in total. The SMILES string of the molecule is CSC(C)(C)CNC1CCCC(N)C1. The summed E-state index contributed by atoms with van der Waals surface area (Å²) in [5.41, 5.74) is 5.95. The van der Waals surface area contributed by atoms with Crippen LogP contribution in [0.15, 0.2) is 0 Å². The van der Waals surface area contributed by atoms with Gasteiger partial charge in [0.25, 0.3) is 0 Å². The van der Waals surface area contributed by atoms with Crippen molar-refractivity contribution in [1.82, 2.24) is 5.32 Å². The minimum atomic E-state index is 0.349. The van der Waals surface area contributed by atoms with E-state index in [1.165, 1.54) is 19.3 Å². The summed E-state index contributed by atoms with van der Waals surface area (Å²) >= 11 is 1.92. The highest BCUT2D eigenvalue weighted by Crippen LogP contribution is 2.22. The van der Waals surface area contributed by atoms with Crippen molar-refractivity contribution >= 4 is 11.8 Å². The quantitative estimate of drug-likeness (QED) is 0.755. The van der Waals surface area contributed by atoms with Crippen LogP contribution in [0.4, 0.5) is 0 Å². The second kappa shape index (κ2) is 5.38. The second-order valence-corrected chi connectivity index (χ2v) is 6.48. The van der Waals surface area contributed by atoms with Crippen molar-refractivity contribution in [3.05, 3.63) is 0 Å². The smallest absolute Gasteiger partial charge is 0.0225 e. The summed E-state index contributed by atoms with van der Waals surface area (Å²) in [6.45, 7) is 5.66. The van der Waals surface area contributed by atoms with Crippen molar-refractivity contribution in [3.8, 4) is 0 Å². The van der Waals surface area contributed by atoms with Crippen molar-refractivity contribution < 1.29 is 0 Å². The van der Waals surface area contributed by atoms with Crippen molar-refractivity contribution in [2.45, 2.75) is 56.4 Å². The van der Waals surface area contributed by atoms with E-state index < -0.39 is 0 Å². The van der Waals surface area contributed by atoms with Crippen molar-refractivity contribution in [2.24, 2.45) is 5.73 Å². The van der Waals surface area contributed by atoms with Crippen LogP contribution in [0.25, 0.3) is 0 Å². The average Bonchev–Trinajstić information content (AvgIpc) is 2.15. The largest absolute Gasteiger partial charge is 0.328 e. The van der Waals surface area contributed by atoms with Gasteiger partial charge in [-0.05, 0) is 39.4 Å². The van der Waals surface area contributed by atoms with E-state index >= 15 is 0 Å². The van der Waals surface area contributed by atoms with E-state index in [0.29, 0.717) is 16.8 Å². The van der Waals surface area contributed by atoms with Gasteiger partial charge >= 0.3 is 0 Å². The van der Waals surface area contributed by atoms with Crippen LogP contribution in [0.5, 0.6) is 0 Å². The third-order valence-corrected chi connectivity index (χ3v) is 4.33. The van der Waals surface area contributed by atoms with E-state index in [0.717, 1.165) is 13.0 Å². The zero-order valence-electron chi connectivity index (χ0n) is 9.68. The minimum absolute atomic E-state index is 0.349. The van der Waals surface area contributed by atoms with E-state index in [2.05, 4.69) is 25.4 Å². The van der Waals surface area contributed by atoms with Crippen LogP contribution < -0.4 is 11.1 Å². The average molecular weight is 216 g/mol. The van der Waals surface area contributed by atoms with Gasteiger partial charge < -0.3 is 11.1 Å². The van der Waals surface area contributed by atoms with E-state index in [1.807, 2.05) is 11.8 Å². The Hall–Kier alpha value is 0.270. The van der Waals surface area contributed by atoms with Crippen LogP contribution in [0.3, 0.4) is 0 Å². The van der Waals surface area contributed by atoms with E-state index in [4.69, 9.17) is 5.73 Å². The molecule has 0 bridgehead atoms.